The summed E-state index contributed by atoms with van der Waals surface area (Å²) < 4.78 is 8.04. The standard InChI is InChI=1S/C20H19BrN4O4/c1-3-19(24-12-14(21)11-22-24)20(26)23-15-8-16(25(27)28)10-18(9-15)29-17-6-4-13(2)5-7-17/h4-12,19H,3H2,1-2H3,(H,23,26). The molecule has 0 fully saturated rings. The van der Waals surface area contributed by atoms with Gasteiger partial charge in [0.25, 0.3) is 5.69 Å². The van der Waals surface area contributed by atoms with Crippen LogP contribution in [-0.2, 0) is 4.79 Å². The summed E-state index contributed by atoms with van der Waals surface area (Å²) >= 11 is 3.31. The normalized spacial score (nSPS) is 11.7. The van der Waals surface area contributed by atoms with Gasteiger partial charge in [-0.05, 0) is 41.4 Å². The molecular weight excluding hydrogens is 440 g/mol. The Morgan fingerprint density at radius 1 is 1.28 bits per heavy atom. The first-order valence-corrected chi connectivity index (χ1v) is 9.69. The number of amides is 1. The molecule has 29 heavy (non-hydrogen) atoms. The minimum absolute atomic E-state index is 0.181. The second-order valence-electron chi connectivity index (χ2n) is 6.44. The van der Waals surface area contributed by atoms with Crippen molar-refractivity contribution in [1.29, 1.82) is 0 Å². The van der Waals surface area contributed by atoms with Crippen LogP contribution in [0.4, 0.5) is 11.4 Å². The van der Waals surface area contributed by atoms with Crippen LogP contribution in [0, 0.1) is 17.0 Å². The van der Waals surface area contributed by atoms with Crippen molar-refractivity contribution in [1.82, 2.24) is 9.78 Å². The number of benzene rings is 2. The van der Waals surface area contributed by atoms with Gasteiger partial charge in [0.05, 0.1) is 27.3 Å². The lowest BCUT2D eigenvalue weighted by molar-refractivity contribution is -0.384. The molecule has 1 amide bonds. The first-order valence-electron chi connectivity index (χ1n) is 8.90. The number of nitrogens with one attached hydrogen (secondary N) is 1. The number of carbonyl (C=O) groups excluding carboxylic acids is 1. The number of aromatic nitrogens is 2. The largest absolute Gasteiger partial charge is 0.457 e. The number of non-ortho nitro benzene ring substituents is 1. The quantitative estimate of drug-likeness (QED) is 0.385. The Kier molecular flexibility index (Phi) is 6.28. The minimum atomic E-state index is -0.554. The maximum atomic E-state index is 12.7. The minimum Gasteiger partial charge on any atom is -0.457 e. The van der Waals surface area contributed by atoms with E-state index in [0.717, 1.165) is 10.0 Å². The first kappa shape index (κ1) is 20.5. The number of hydrogen-bond donors (Lipinski definition) is 1. The van der Waals surface area contributed by atoms with Gasteiger partial charge in [0.1, 0.15) is 17.5 Å². The number of rotatable bonds is 7. The van der Waals surface area contributed by atoms with Gasteiger partial charge in [-0.2, -0.15) is 5.10 Å². The lowest BCUT2D eigenvalue weighted by Gasteiger charge is -2.16. The fraction of sp³-hybridized carbons (Fsp3) is 0.200. The Morgan fingerprint density at radius 2 is 2.00 bits per heavy atom. The maximum Gasteiger partial charge on any atom is 0.275 e. The highest BCUT2D eigenvalue weighted by Crippen LogP contribution is 2.30. The van der Waals surface area contributed by atoms with E-state index in [4.69, 9.17) is 4.74 Å². The van der Waals surface area contributed by atoms with Crippen molar-refractivity contribution in [2.75, 3.05) is 5.32 Å². The lowest BCUT2D eigenvalue weighted by atomic mass is 10.2. The van der Waals surface area contributed by atoms with Crippen LogP contribution >= 0.6 is 15.9 Å². The molecule has 0 saturated carbocycles. The number of nitro benzene ring substituents is 1. The summed E-state index contributed by atoms with van der Waals surface area (Å²) in [4.78, 5) is 23.5. The van der Waals surface area contributed by atoms with Crippen LogP contribution in [-0.4, -0.2) is 20.6 Å². The number of nitro groups is 1. The Bertz CT molecular complexity index is 1030. The summed E-state index contributed by atoms with van der Waals surface area (Å²) in [5.74, 6) is 0.472. The predicted octanol–water partition coefficient (Wildman–Crippen LogP) is 5.24. The zero-order valence-corrected chi connectivity index (χ0v) is 17.4. The predicted molar refractivity (Wildman–Crippen MR) is 112 cm³/mol. The smallest absolute Gasteiger partial charge is 0.275 e. The average molecular weight is 459 g/mol. The fourth-order valence-corrected chi connectivity index (χ4v) is 3.07. The highest BCUT2D eigenvalue weighted by molar-refractivity contribution is 9.10. The topological polar surface area (TPSA) is 99.3 Å². The second kappa shape index (κ2) is 8.87. The van der Waals surface area contributed by atoms with E-state index < -0.39 is 11.0 Å². The number of ether oxygens (including phenoxy) is 1. The Hall–Kier alpha value is -3.20. The number of nitrogens with zero attached hydrogens (tertiary/aromatic N) is 3. The summed E-state index contributed by atoms with van der Waals surface area (Å²) in [7, 11) is 0. The molecule has 9 heteroatoms. The van der Waals surface area contributed by atoms with E-state index >= 15 is 0 Å². The molecule has 0 spiro atoms. The second-order valence-corrected chi connectivity index (χ2v) is 7.36. The average Bonchev–Trinajstić information content (AvgIpc) is 3.10. The summed E-state index contributed by atoms with van der Waals surface area (Å²) in [5.41, 5.74) is 1.16. The van der Waals surface area contributed by atoms with Gasteiger partial charge in [0.15, 0.2) is 0 Å². The van der Waals surface area contributed by atoms with Gasteiger partial charge in [-0.1, -0.05) is 24.6 Å². The molecular formula is C20H19BrN4O4. The van der Waals surface area contributed by atoms with Crippen LogP contribution in [0.1, 0.15) is 24.9 Å². The molecule has 0 bridgehead atoms. The molecule has 150 valence electrons. The number of carbonyl (C=O) groups is 1. The molecule has 1 unspecified atom stereocenters. The molecule has 0 saturated heterocycles. The molecule has 3 rings (SSSR count). The summed E-state index contributed by atoms with van der Waals surface area (Å²) in [6.07, 6.45) is 3.80. The maximum absolute atomic E-state index is 12.7. The molecule has 0 aliphatic heterocycles. The molecule has 1 atom stereocenters. The molecule has 1 aromatic heterocycles. The van der Waals surface area contributed by atoms with Crippen LogP contribution in [0.2, 0.25) is 0 Å². The highest BCUT2D eigenvalue weighted by atomic mass is 79.9. The van der Waals surface area contributed by atoms with Crippen LogP contribution in [0.5, 0.6) is 11.5 Å². The Morgan fingerprint density at radius 3 is 2.59 bits per heavy atom. The molecule has 0 radical (unpaired) electrons. The van der Waals surface area contributed by atoms with Gasteiger partial charge >= 0.3 is 0 Å². The van der Waals surface area contributed by atoms with E-state index in [0.29, 0.717) is 12.2 Å². The van der Waals surface area contributed by atoms with E-state index in [1.54, 1.807) is 35.3 Å². The third-order valence-corrected chi connectivity index (χ3v) is 4.61. The van der Waals surface area contributed by atoms with Crippen molar-refractivity contribution in [3.05, 3.63) is 75.0 Å². The first-order chi connectivity index (χ1) is 13.9. The monoisotopic (exact) mass is 458 g/mol. The highest BCUT2D eigenvalue weighted by Gasteiger charge is 2.21. The third kappa shape index (κ3) is 5.20. The Labute approximate surface area is 175 Å². The van der Waals surface area contributed by atoms with E-state index in [-0.39, 0.29) is 23.0 Å². The molecule has 2 aromatic carbocycles. The van der Waals surface area contributed by atoms with E-state index in [1.165, 1.54) is 12.1 Å². The zero-order chi connectivity index (χ0) is 21.0. The van der Waals surface area contributed by atoms with Crippen molar-refractivity contribution < 1.29 is 14.5 Å². The van der Waals surface area contributed by atoms with Crippen molar-refractivity contribution in [2.45, 2.75) is 26.3 Å². The van der Waals surface area contributed by atoms with E-state index in [9.17, 15) is 14.9 Å². The van der Waals surface area contributed by atoms with E-state index in [2.05, 4.69) is 26.3 Å². The lowest BCUT2D eigenvalue weighted by Crippen LogP contribution is -2.26. The summed E-state index contributed by atoms with van der Waals surface area (Å²) in [6.45, 7) is 3.81. The zero-order valence-electron chi connectivity index (χ0n) is 15.8. The summed E-state index contributed by atoms with van der Waals surface area (Å²) in [5, 5.41) is 18.2. The van der Waals surface area contributed by atoms with Crippen LogP contribution in [0.3, 0.4) is 0 Å². The van der Waals surface area contributed by atoms with Gasteiger partial charge in [-0.15, -0.1) is 0 Å². The summed E-state index contributed by atoms with van der Waals surface area (Å²) in [6, 6.07) is 10.9. The van der Waals surface area contributed by atoms with Crippen molar-refractivity contribution in [3.8, 4) is 11.5 Å². The molecule has 0 aliphatic carbocycles. The molecule has 8 nitrogen and oxygen atoms in total. The van der Waals surface area contributed by atoms with Crippen LogP contribution < -0.4 is 10.1 Å². The molecule has 3 aromatic rings. The van der Waals surface area contributed by atoms with Crippen molar-refractivity contribution in [3.63, 3.8) is 0 Å². The molecule has 0 aliphatic rings. The molecule has 1 heterocycles. The van der Waals surface area contributed by atoms with Gasteiger partial charge < -0.3 is 10.1 Å². The molecule has 1 N–H and O–H groups in total. The number of aryl methyl sites for hydroxylation is 1. The van der Waals surface area contributed by atoms with Crippen molar-refractivity contribution in [2.24, 2.45) is 0 Å². The van der Waals surface area contributed by atoms with Crippen LogP contribution in [0.15, 0.2) is 59.3 Å². The SMILES string of the molecule is CCC(C(=O)Nc1cc(Oc2ccc(C)cc2)cc([N+](=O)[O-])c1)n1cc(Br)cn1. The third-order valence-electron chi connectivity index (χ3n) is 4.21. The van der Waals surface area contributed by atoms with Gasteiger partial charge in [-0.25, -0.2) is 0 Å². The fourth-order valence-electron chi connectivity index (χ4n) is 2.77. The van der Waals surface area contributed by atoms with Crippen molar-refractivity contribution >= 4 is 33.2 Å². The van der Waals surface area contributed by atoms with Gasteiger partial charge in [-0.3, -0.25) is 19.6 Å². The Balaban J connectivity index is 1.85. The number of anilines is 1. The van der Waals surface area contributed by atoms with Gasteiger partial charge in [0, 0.05) is 18.3 Å². The number of hydrogen-bond acceptors (Lipinski definition) is 5. The van der Waals surface area contributed by atoms with Crippen LogP contribution in [0.25, 0.3) is 0 Å². The number of halogens is 1. The van der Waals surface area contributed by atoms with E-state index in [1.807, 2.05) is 26.0 Å². The van der Waals surface area contributed by atoms with Gasteiger partial charge in [0.2, 0.25) is 5.91 Å².